The zero-order chi connectivity index (χ0) is 10.6. The van der Waals surface area contributed by atoms with E-state index in [2.05, 4.69) is 5.32 Å². The third kappa shape index (κ3) is 3.18. The van der Waals surface area contributed by atoms with Gasteiger partial charge in [-0.1, -0.05) is 29.8 Å². The van der Waals surface area contributed by atoms with Crippen molar-refractivity contribution in [3.8, 4) is 0 Å². The Morgan fingerprint density at radius 1 is 1.43 bits per heavy atom. The van der Waals surface area contributed by atoms with Crippen LogP contribution >= 0.6 is 0 Å². The normalized spacial score (nSPS) is 12.4. The van der Waals surface area contributed by atoms with Crippen LogP contribution in [0.2, 0.25) is 0 Å². The molecule has 0 aliphatic rings. The molecule has 0 saturated heterocycles. The van der Waals surface area contributed by atoms with Crippen LogP contribution in [0.4, 0.5) is 0 Å². The zero-order valence-corrected chi connectivity index (χ0v) is 8.45. The fourth-order valence-electron chi connectivity index (χ4n) is 1.21. The SMILES string of the molecule is Cc1ccc([C@@H](C)NCC(=O)O)cc1. The largest absolute Gasteiger partial charge is 0.480 e. The summed E-state index contributed by atoms with van der Waals surface area (Å²) in [6.07, 6.45) is 0. The molecule has 3 nitrogen and oxygen atoms in total. The van der Waals surface area contributed by atoms with Gasteiger partial charge < -0.3 is 10.4 Å². The Bertz CT molecular complexity index is 306. The van der Waals surface area contributed by atoms with Crippen LogP contribution in [-0.2, 0) is 4.79 Å². The summed E-state index contributed by atoms with van der Waals surface area (Å²) in [5.74, 6) is -0.830. The Morgan fingerprint density at radius 2 is 2.00 bits per heavy atom. The van der Waals surface area contributed by atoms with E-state index in [0.717, 1.165) is 5.56 Å². The Hall–Kier alpha value is -1.35. The lowest BCUT2D eigenvalue weighted by atomic mass is 10.1. The van der Waals surface area contributed by atoms with E-state index < -0.39 is 5.97 Å². The number of carbonyl (C=O) groups is 1. The van der Waals surface area contributed by atoms with Crippen LogP contribution in [0.25, 0.3) is 0 Å². The molecule has 76 valence electrons. The van der Waals surface area contributed by atoms with E-state index >= 15 is 0 Å². The van der Waals surface area contributed by atoms with Crippen molar-refractivity contribution in [3.63, 3.8) is 0 Å². The molecule has 0 aromatic heterocycles. The second-order valence-corrected chi connectivity index (χ2v) is 3.41. The lowest BCUT2D eigenvalue weighted by Gasteiger charge is -2.12. The first kappa shape index (κ1) is 10.7. The van der Waals surface area contributed by atoms with Crippen LogP contribution < -0.4 is 5.32 Å². The highest BCUT2D eigenvalue weighted by Crippen LogP contribution is 2.12. The third-order valence-electron chi connectivity index (χ3n) is 2.14. The predicted octanol–water partition coefficient (Wildman–Crippen LogP) is 1.73. The van der Waals surface area contributed by atoms with Gasteiger partial charge >= 0.3 is 5.97 Å². The van der Waals surface area contributed by atoms with Crippen molar-refractivity contribution < 1.29 is 9.90 Å². The quantitative estimate of drug-likeness (QED) is 0.765. The Kier molecular flexibility index (Phi) is 3.65. The molecule has 2 N–H and O–H groups in total. The summed E-state index contributed by atoms with van der Waals surface area (Å²) < 4.78 is 0. The molecular formula is C11H15NO2. The van der Waals surface area contributed by atoms with Gasteiger partial charge in [0.05, 0.1) is 6.54 Å². The van der Waals surface area contributed by atoms with Crippen molar-refractivity contribution in [2.24, 2.45) is 0 Å². The minimum atomic E-state index is -0.830. The summed E-state index contributed by atoms with van der Waals surface area (Å²) >= 11 is 0. The van der Waals surface area contributed by atoms with Crippen LogP contribution in [0.1, 0.15) is 24.1 Å². The Balaban J connectivity index is 2.56. The Morgan fingerprint density at radius 3 is 2.50 bits per heavy atom. The second-order valence-electron chi connectivity index (χ2n) is 3.41. The first-order chi connectivity index (χ1) is 6.59. The van der Waals surface area contributed by atoms with E-state index in [4.69, 9.17) is 5.11 Å². The van der Waals surface area contributed by atoms with Crippen LogP contribution in [0.15, 0.2) is 24.3 Å². The summed E-state index contributed by atoms with van der Waals surface area (Å²) in [7, 11) is 0. The third-order valence-corrected chi connectivity index (χ3v) is 2.14. The van der Waals surface area contributed by atoms with Crippen molar-refractivity contribution in [3.05, 3.63) is 35.4 Å². The average Bonchev–Trinajstić information content (AvgIpc) is 2.15. The van der Waals surface area contributed by atoms with Crippen LogP contribution in [0.3, 0.4) is 0 Å². The van der Waals surface area contributed by atoms with Crippen molar-refractivity contribution in [1.82, 2.24) is 5.32 Å². The molecule has 1 atom stereocenters. The first-order valence-electron chi connectivity index (χ1n) is 4.61. The van der Waals surface area contributed by atoms with Gasteiger partial charge in [0.1, 0.15) is 0 Å². The summed E-state index contributed by atoms with van der Waals surface area (Å²) in [6, 6.07) is 8.14. The lowest BCUT2D eigenvalue weighted by Crippen LogP contribution is -2.25. The number of carboxylic acids is 1. The zero-order valence-electron chi connectivity index (χ0n) is 8.45. The van der Waals surface area contributed by atoms with Gasteiger partial charge in [-0.05, 0) is 19.4 Å². The van der Waals surface area contributed by atoms with Gasteiger partial charge in [0.15, 0.2) is 0 Å². The molecule has 0 unspecified atom stereocenters. The lowest BCUT2D eigenvalue weighted by molar-refractivity contribution is -0.136. The maximum Gasteiger partial charge on any atom is 0.317 e. The van der Waals surface area contributed by atoms with Gasteiger partial charge in [-0.3, -0.25) is 4.79 Å². The van der Waals surface area contributed by atoms with Gasteiger partial charge in [-0.25, -0.2) is 0 Å². The molecule has 0 spiro atoms. The number of benzene rings is 1. The molecule has 0 aliphatic carbocycles. The molecule has 0 saturated carbocycles. The van der Waals surface area contributed by atoms with E-state index in [9.17, 15) is 4.79 Å². The van der Waals surface area contributed by atoms with E-state index in [1.807, 2.05) is 38.1 Å². The van der Waals surface area contributed by atoms with Gasteiger partial charge in [0, 0.05) is 6.04 Å². The second kappa shape index (κ2) is 4.77. The van der Waals surface area contributed by atoms with Crippen molar-refractivity contribution >= 4 is 5.97 Å². The molecule has 0 amide bonds. The molecular weight excluding hydrogens is 178 g/mol. The van der Waals surface area contributed by atoms with Gasteiger partial charge in [0.2, 0.25) is 0 Å². The number of rotatable bonds is 4. The van der Waals surface area contributed by atoms with Crippen LogP contribution in [0.5, 0.6) is 0 Å². The topological polar surface area (TPSA) is 49.3 Å². The van der Waals surface area contributed by atoms with Crippen LogP contribution in [0, 0.1) is 6.92 Å². The molecule has 0 aliphatic heterocycles. The van der Waals surface area contributed by atoms with E-state index in [1.165, 1.54) is 5.56 Å². The number of hydrogen-bond acceptors (Lipinski definition) is 2. The standard InChI is InChI=1S/C11H15NO2/c1-8-3-5-10(6-4-8)9(2)12-7-11(13)14/h3-6,9,12H,7H2,1-2H3,(H,13,14)/t9-/m1/s1. The minimum absolute atomic E-state index is 0.00492. The maximum absolute atomic E-state index is 10.3. The molecule has 0 fully saturated rings. The number of aliphatic carboxylic acids is 1. The minimum Gasteiger partial charge on any atom is -0.480 e. The predicted molar refractivity (Wildman–Crippen MR) is 55.2 cm³/mol. The van der Waals surface area contributed by atoms with Gasteiger partial charge in [0.25, 0.3) is 0 Å². The van der Waals surface area contributed by atoms with Crippen molar-refractivity contribution in [2.45, 2.75) is 19.9 Å². The van der Waals surface area contributed by atoms with Gasteiger partial charge in [-0.2, -0.15) is 0 Å². The first-order valence-corrected chi connectivity index (χ1v) is 4.61. The molecule has 1 aromatic rings. The molecule has 0 bridgehead atoms. The van der Waals surface area contributed by atoms with Crippen LogP contribution in [-0.4, -0.2) is 17.6 Å². The molecule has 0 radical (unpaired) electrons. The highest BCUT2D eigenvalue weighted by Gasteiger charge is 2.05. The molecule has 0 heterocycles. The van der Waals surface area contributed by atoms with E-state index in [0.29, 0.717) is 0 Å². The number of hydrogen-bond donors (Lipinski definition) is 2. The summed E-state index contributed by atoms with van der Waals surface area (Å²) in [4.78, 5) is 10.3. The average molecular weight is 193 g/mol. The summed E-state index contributed by atoms with van der Waals surface area (Å²) in [6.45, 7) is 3.97. The molecule has 14 heavy (non-hydrogen) atoms. The highest BCUT2D eigenvalue weighted by atomic mass is 16.4. The molecule has 1 rings (SSSR count). The fourth-order valence-corrected chi connectivity index (χ4v) is 1.21. The summed E-state index contributed by atoms with van der Waals surface area (Å²) in [5, 5.41) is 11.4. The summed E-state index contributed by atoms with van der Waals surface area (Å²) in [5.41, 5.74) is 2.32. The molecule has 1 aromatic carbocycles. The monoisotopic (exact) mass is 193 g/mol. The fraction of sp³-hybridized carbons (Fsp3) is 0.364. The van der Waals surface area contributed by atoms with Crippen molar-refractivity contribution in [1.29, 1.82) is 0 Å². The number of nitrogens with one attached hydrogen (secondary N) is 1. The van der Waals surface area contributed by atoms with E-state index in [1.54, 1.807) is 0 Å². The maximum atomic E-state index is 10.3. The smallest absolute Gasteiger partial charge is 0.317 e. The van der Waals surface area contributed by atoms with E-state index in [-0.39, 0.29) is 12.6 Å². The highest BCUT2D eigenvalue weighted by molar-refractivity contribution is 5.69. The van der Waals surface area contributed by atoms with Gasteiger partial charge in [-0.15, -0.1) is 0 Å². The Labute approximate surface area is 83.8 Å². The molecule has 3 heteroatoms. The number of carboxylic acid groups (broad SMARTS) is 1. The number of aryl methyl sites for hydroxylation is 1. The van der Waals surface area contributed by atoms with Crippen molar-refractivity contribution in [2.75, 3.05) is 6.54 Å².